The molecule has 7 heteroatoms. The van der Waals surface area contributed by atoms with Crippen LogP contribution >= 0.6 is 34.3 Å². The Morgan fingerprint density at radius 2 is 2.22 bits per heavy atom. The van der Waals surface area contributed by atoms with E-state index in [1.807, 2.05) is 6.07 Å². The number of fused-ring (bicyclic) bond motifs is 1. The molecule has 0 saturated carbocycles. The third-order valence-corrected chi connectivity index (χ3v) is 6.17. The molecule has 0 saturated heterocycles. The molecule has 0 amide bonds. The molecule has 0 fully saturated rings. The minimum absolute atomic E-state index is 0.174. The Morgan fingerprint density at radius 1 is 1.39 bits per heavy atom. The van der Waals surface area contributed by atoms with Gasteiger partial charge in [-0.1, -0.05) is 13.0 Å². The summed E-state index contributed by atoms with van der Waals surface area (Å²) < 4.78 is 1.06. The van der Waals surface area contributed by atoms with Crippen LogP contribution in [0.3, 0.4) is 0 Å². The quantitative estimate of drug-likeness (QED) is 0.625. The molecule has 3 heterocycles. The predicted molar refractivity (Wildman–Crippen MR) is 101 cm³/mol. The van der Waals surface area contributed by atoms with Crippen molar-refractivity contribution >= 4 is 50.3 Å². The summed E-state index contributed by atoms with van der Waals surface area (Å²) in [4.78, 5) is 11.3. The predicted octanol–water partition coefficient (Wildman–Crippen LogP) is 4.61. The summed E-state index contributed by atoms with van der Waals surface area (Å²) in [6.45, 7) is 4.93. The maximum absolute atomic E-state index is 6.12. The number of nitrogens with zero attached hydrogens (tertiary/aromatic N) is 2. The molecular formula is C16H19ClN4S2. The van der Waals surface area contributed by atoms with Crippen molar-refractivity contribution in [1.82, 2.24) is 9.97 Å². The van der Waals surface area contributed by atoms with Gasteiger partial charge in [-0.25, -0.2) is 4.98 Å². The molecule has 0 aliphatic carbocycles. The number of halogens is 1. The van der Waals surface area contributed by atoms with Gasteiger partial charge >= 0.3 is 0 Å². The molecule has 0 radical (unpaired) electrons. The zero-order valence-electron chi connectivity index (χ0n) is 13.1. The third-order valence-electron chi connectivity index (χ3n) is 3.82. The van der Waals surface area contributed by atoms with Gasteiger partial charge in [0.05, 0.1) is 16.8 Å². The molecule has 0 bridgehead atoms. The highest BCUT2D eigenvalue weighted by atomic mass is 35.5. The van der Waals surface area contributed by atoms with Gasteiger partial charge in [-0.15, -0.1) is 22.7 Å². The highest BCUT2D eigenvalue weighted by Crippen LogP contribution is 2.35. The maximum Gasteiger partial charge on any atom is 0.224 e. The van der Waals surface area contributed by atoms with Crippen LogP contribution in [0, 0.1) is 6.92 Å². The maximum atomic E-state index is 6.12. The Labute approximate surface area is 148 Å². The Hall–Kier alpha value is -1.21. The van der Waals surface area contributed by atoms with Gasteiger partial charge in [0, 0.05) is 15.8 Å². The second kappa shape index (κ2) is 7.13. The molecule has 1 unspecified atom stereocenters. The van der Waals surface area contributed by atoms with Crippen LogP contribution in [0.25, 0.3) is 10.2 Å². The molecule has 4 nitrogen and oxygen atoms in total. The van der Waals surface area contributed by atoms with E-state index in [-0.39, 0.29) is 11.3 Å². The Morgan fingerprint density at radius 3 is 2.91 bits per heavy atom. The van der Waals surface area contributed by atoms with Crippen LogP contribution in [0.1, 0.15) is 28.7 Å². The summed E-state index contributed by atoms with van der Waals surface area (Å²) in [6, 6.07) is 4.32. The van der Waals surface area contributed by atoms with Crippen LogP contribution in [0.2, 0.25) is 5.28 Å². The summed E-state index contributed by atoms with van der Waals surface area (Å²) in [5.41, 5.74) is 8.21. The summed E-state index contributed by atoms with van der Waals surface area (Å²) in [7, 11) is 0. The fraction of sp³-hybridized carbons (Fsp3) is 0.375. The minimum Gasteiger partial charge on any atom is -0.364 e. The SMILES string of the molecule is CCC(N)Cc1sc2c(NCc3cccs3)nc(Cl)nc2c1C. The lowest BCUT2D eigenvalue weighted by molar-refractivity contribution is 0.650. The first-order valence-electron chi connectivity index (χ1n) is 7.55. The summed E-state index contributed by atoms with van der Waals surface area (Å²) in [6.07, 6.45) is 1.83. The second-order valence-electron chi connectivity index (χ2n) is 5.47. The van der Waals surface area contributed by atoms with Crippen LogP contribution < -0.4 is 11.1 Å². The van der Waals surface area contributed by atoms with E-state index in [9.17, 15) is 0 Å². The fourth-order valence-corrected chi connectivity index (χ4v) is 4.50. The normalized spacial score (nSPS) is 12.7. The average Bonchev–Trinajstić information content (AvgIpc) is 3.15. The van der Waals surface area contributed by atoms with Crippen molar-refractivity contribution in [3.63, 3.8) is 0 Å². The van der Waals surface area contributed by atoms with Crippen molar-refractivity contribution in [3.05, 3.63) is 38.1 Å². The molecular weight excluding hydrogens is 348 g/mol. The molecule has 3 aromatic rings. The topological polar surface area (TPSA) is 63.8 Å². The van der Waals surface area contributed by atoms with E-state index in [4.69, 9.17) is 17.3 Å². The van der Waals surface area contributed by atoms with Crippen LogP contribution in [0.5, 0.6) is 0 Å². The lowest BCUT2D eigenvalue weighted by Gasteiger charge is -2.06. The molecule has 0 spiro atoms. The highest BCUT2D eigenvalue weighted by Gasteiger charge is 2.17. The van der Waals surface area contributed by atoms with Crippen molar-refractivity contribution in [3.8, 4) is 0 Å². The van der Waals surface area contributed by atoms with E-state index in [1.54, 1.807) is 22.7 Å². The van der Waals surface area contributed by atoms with Gasteiger partial charge in [-0.3, -0.25) is 0 Å². The number of rotatable bonds is 6. The van der Waals surface area contributed by atoms with Crippen molar-refractivity contribution in [2.75, 3.05) is 5.32 Å². The summed E-state index contributed by atoms with van der Waals surface area (Å²) in [5, 5.41) is 5.74. The van der Waals surface area contributed by atoms with E-state index in [0.29, 0.717) is 0 Å². The molecule has 122 valence electrons. The lowest BCUT2D eigenvalue weighted by Crippen LogP contribution is -2.21. The first kappa shape index (κ1) is 16.6. The number of aromatic nitrogens is 2. The fourth-order valence-electron chi connectivity index (χ4n) is 2.39. The number of thiophene rings is 2. The molecule has 0 aliphatic rings. The van der Waals surface area contributed by atoms with Gasteiger partial charge in [0.25, 0.3) is 0 Å². The van der Waals surface area contributed by atoms with E-state index in [2.05, 4.69) is 40.6 Å². The van der Waals surface area contributed by atoms with E-state index < -0.39 is 0 Å². The van der Waals surface area contributed by atoms with Gasteiger partial charge in [0.1, 0.15) is 5.82 Å². The van der Waals surface area contributed by atoms with Crippen LogP contribution in [-0.2, 0) is 13.0 Å². The number of aryl methyl sites for hydroxylation is 1. The number of hydrogen-bond donors (Lipinski definition) is 2. The first-order chi connectivity index (χ1) is 11.1. The Balaban J connectivity index is 1.95. The van der Waals surface area contributed by atoms with Crippen LogP contribution in [-0.4, -0.2) is 16.0 Å². The standard InChI is InChI=1S/C16H19ClN4S2/c1-3-10(18)7-12-9(2)13-14(23-12)15(21-16(17)20-13)19-8-11-5-4-6-22-11/h4-6,10H,3,7-8,18H2,1-2H3,(H,19,20,21). The molecule has 0 aromatic carbocycles. The van der Waals surface area contributed by atoms with Crippen molar-refractivity contribution in [2.24, 2.45) is 5.73 Å². The highest BCUT2D eigenvalue weighted by molar-refractivity contribution is 7.19. The molecule has 3 rings (SSSR count). The minimum atomic E-state index is 0.174. The Kier molecular flexibility index (Phi) is 5.16. The van der Waals surface area contributed by atoms with Gasteiger partial charge in [-0.2, -0.15) is 4.98 Å². The van der Waals surface area contributed by atoms with Crippen molar-refractivity contribution in [2.45, 2.75) is 39.3 Å². The van der Waals surface area contributed by atoms with Gasteiger partial charge in [-0.05, 0) is 48.4 Å². The van der Waals surface area contributed by atoms with Crippen molar-refractivity contribution in [1.29, 1.82) is 0 Å². The molecule has 1 atom stereocenters. The van der Waals surface area contributed by atoms with Crippen LogP contribution in [0.4, 0.5) is 5.82 Å². The zero-order chi connectivity index (χ0) is 16.4. The molecule has 3 aromatic heterocycles. The number of hydrogen-bond acceptors (Lipinski definition) is 6. The van der Waals surface area contributed by atoms with Crippen LogP contribution in [0.15, 0.2) is 17.5 Å². The molecule has 0 aliphatic heterocycles. The zero-order valence-corrected chi connectivity index (χ0v) is 15.5. The van der Waals surface area contributed by atoms with Gasteiger partial charge < -0.3 is 11.1 Å². The van der Waals surface area contributed by atoms with Crippen molar-refractivity contribution < 1.29 is 0 Å². The third kappa shape index (κ3) is 3.66. The lowest BCUT2D eigenvalue weighted by atomic mass is 10.1. The summed E-state index contributed by atoms with van der Waals surface area (Å²) >= 11 is 9.56. The average molecular weight is 367 g/mol. The molecule has 23 heavy (non-hydrogen) atoms. The van der Waals surface area contributed by atoms with E-state index in [0.717, 1.165) is 41.0 Å². The summed E-state index contributed by atoms with van der Waals surface area (Å²) in [5.74, 6) is 0.804. The molecule has 3 N–H and O–H groups in total. The van der Waals surface area contributed by atoms with Gasteiger partial charge in [0.2, 0.25) is 5.28 Å². The first-order valence-corrected chi connectivity index (χ1v) is 9.63. The number of nitrogens with one attached hydrogen (secondary N) is 1. The second-order valence-corrected chi connectivity index (χ2v) is 7.95. The monoisotopic (exact) mass is 366 g/mol. The largest absolute Gasteiger partial charge is 0.364 e. The van der Waals surface area contributed by atoms with E-state index in [1.165, 1.54) is 9.75 Å². The van der Waals surface area contributed by atoms with Gasteiger partial charge in [0.15, 0.2) is 0 Å². The van der Waals surface area contributed by atoms with E-state index >= 15 is 0 Å². The Bertz CT molecular complexity index is 798. The number of anilines is 1. The smallest absolute Gasteiger partial charge is 0.224 e. The number of nitrogens with two attached hydrogens (primary N) is 1.